The van der Waals surface area contributed by atoms with Crippen molar-refractivity contribution in [3.63, 3.8) is 0 Å². The lowest BCUT2D eigenvalue weighted by Crippen LogP contribution is -2.60. The van der Waals surface area contributed by atoms with E-state index in [9.17, 15) is 27.5 Å². The van der Waals surface area contributed by atoms with Gasteiger partial charge in [0.2, 0.25) is 0 Å². The minimum absolute atomic E-state index is 0.136. The molecule has 1 unspecified atom stereocenters. The highest BCUT2D eigenvalue weighted by Gasteiger charge is 2.61. The molecular weight excluding hydrogens is 318 g/mol. The van der Waals surface area contributed by atoms with Crippen LogP contribution in [0.2, 0.25) is 0 Å². The van der Waals surface area contributed by atoms with Crippen molar-refractivity contribution in [3.8, 4) is 5.75 Å². The van der Waals surface area contributed by atoms with Crippen molar-refractivity contribution in [2.24, 2.45) is 0 Å². The summed E-state index contributed by atoms with van der Waals surface area (Å²) in [6, 6.07) is 4.55. The van der Waals surface area contributed by atoms with E-state index >= 15 is 0 Å². The van der Waals surface area contributed by atoms with Crippen molar-refractivity contribution in [3.05, 3.63) is 29.8 Å². The van der Waals surface area contributed by atoms with Gasteiger partial charge in [0.25, 0.3) is 5.91 Å². The van der Waals surface area contributed by atoms with Gasteiger partial charge in [-0.1, -0.05) is 12.1 Å². The first-order valence-corrected chi connectivity index (χ1v) is 7.12. The van der Waals surface area contributed by atoms with Gasteiger partial charge in [0.15, 0.2) is 0 Å². The summed E-state index contributed by atoms with van der Waals surface area (Å²) in [5.74, 6) is -5.63. The molecule has 1 saturated carbocycles. The van der Waals surface area contributed by atoms with E-state index in [1.165, 1.54) is 31.2 Å². The maximum atomic E-state index is 14.0. The number of aliphatic hydroxyl groups is 1. The second kappa shape index (κ2) is 6.35. The van der Waals surface area contributed by atoms with Gasteiger partial charge in [-0.3, -0.25) is 4.79 Å². The fourth-order valence-electron chi connectivity index (χ4n) is 2.37. The largest absolute Gasteiger partial charge is 0.435 e. The molecule has 2 rings (SSSR count). The van der Waals surface area contributed by atoms with Gasteiger partial charge < -0.3 is 15.2 Å². The van der Waals surface area contributed by atoms with Crippen LogP contribution in [0.3, 0.4) is 0 Å². The number of benzene rings is 1. The van der Waals surface area contributed by atoms with Crippen molar-refractivity contribution in [2.75, 3.05) is 0 Å². The monoisotopic (exact) mass is 335 g/mol. The Morgan fingerprint density at radius 1 is 1.39 bits per heavy atom. The molecule has 1 aliphatic rings. The summed E-state index contributed by atoms with van der Waals surface area (Å²) < 4.78 is 56.6. The molecule has 2 N–H and O–H groups in total. The zero-order valence-electron chi connectivity index (χ0n) is 12.4. The standard InChI is InChI=1S/C15H17F4NO3/c1-9(10-4-2-5-11(8-10)23-13(16)17)20-12(21)15(18,19)14(22)6-3-7-14/h2,4-5,8-9,13,22H,3,6-7H2,1H3,(H,20,21). The maximum Gasteiger partial charge on any atom is 0.387 e. The van der Waals surface area contributed by atoms with Crippen LogP contribution < -0.4 is 10.1 Å². The highest BCUT2D eigenvalue weighted by molar-refractivity contribution is 5.85. The third-order valence-corrected chi connectivity index (χ3v) is 3.98. The Hall–Kier alpha value is -1.83. The Balaban J connectivity index is 2.06. The normalized spacial score (nSPS) is 18.2. The van der Waals surface area contributed by atoms with Gasteiger partial charge in [-0.05, 0) is 43.9 Å². The number of carbonyl (C=O) groups excluding carboxylic acids is 1. The van der Waals surface area contributed by atoms with Gasteiger partial charge in [0.05, 0.1) is 6.04 Å². The summed E-state index contributed by atoms with van der Waals surface area (Å²) in [5, 5.41) is 11.8. The van der Waals surface area contributed by atoms with E-state index in [0.29, 0.717) is 12.0 Å². The molecule has 1 fully saturated rings. The molecule has 0 aliphatic heterocycles. The van der Waals surface area contributed by atoms with Gasteiger partial charge >= 0.3 is 12.5 Å². The van der Waals surface area contributed by atoms with Crippen molar-refractivity contribution in [2.45, 2.75) is 50.4 Å². The van der Waals surface area contributed by atoms with Gasteiger partial charge in [0, 0.05) is 0 Å². The smallest absolute Gasteiger partial charge is 0.387 e. The van der Waals surface area contributed by atoms with Crippen LogP contribution in [0.15, 0.2) is 24.3 Å². The number of hydrogen-bond donors (Lipinski definition) is 2. The van der Waals surface area contributed by atoms with Crippen LogP contribution in [0, 0.1) is 0 Å². The summed E-state index contributed by atoms with van der Waals surface area (Å²) in [4.78, 5) is 11.8. The molecule has 128 valence electrons. The van der Waals surface area contributed by atoms with Crippen LogP contribution in [0.4, 0.5) is 17.6 Å². The topological polar surface area (TPSA) is 58.6 Å². The highest BCUT2D eigenvalue weighted by Crippen LogP contribution is 2.44. The molecule has 4 nitrogen and oxygen atoms in total. The minimum Gasteiger partial charge on any atom is -0.435 e. The fraction of sp³-hybridized carbons (Fsp3) is 0.533. The molecule has 23 heavy (non-hydrogen) atoms. The van der Waals surface area contributed by atoms with Gasteiger partial charge in [-0.15, -0.1) is 0 Å². The predicted octanol–water partition coefficient (Wildman–Crippen LogP) is 3.02. The summed E-state index contributed by atoms with van der Waals surface area (Å²) in [6.45, 7) is -1.58. The predicted molar refractivity (Wildman–Crippen MR) is 73.4 cm³/mol. The Morgan fingerprint density at radius 2 is 2.04 bits per heavy atom. The van der Waals surface area contributed by atoms with Crippen molar-refractivity contribution < 1.29 is 32.2 Å². The average molecular weight is 335 g/mol. The number of amides is 1. The maximum absolute atomic E-state index is 14.0. The van der Waals surface area contributed by atoms with E-state index in [0.717, 1.165) is 0 Å². The van der Waals surface area contributed by atoms with E-state index in [-0.39, 0.29) is 18.6 Å². The summed E-state index contributed by atoms with van der Waals surface area (Å²) in [6.07, 6.45) is 0.154. The molecule has 1 aromatic rings. The zero-order chi connectivity index (χ0) is 17.3. The van der Waals surface area contributed by atoms with Crippen molar-refractivity contribution >= 4 is 5.91 Å². The Morgan fingerprint density at radius 3 is 2.57 bits per heavy atom. The number of rotatable bonds is 6. The Bertz CT molecular complexity index is 576. The summed E-state index contributed by atoms with van der Waals surface area (Å²) >= 11 is 0. The van der Waals surface area contributed by atoms with E-state index in [1.807, 2.05) is 0 Å². The van der Waals surface area contributed by atoms with Crippen LogP contribution in [0.5, 0.6) is 5.75 Å². The van der Waals surface area contributed by atoms with Crippen molar-refractivity contribution in [1.29, 1.82) is 0 Å². The molecule has 8 heteroatoms. The Kier molecular flexibility index (Phi) is 4.84. The highest BCUT2D eigenvalue weighted by atomic mass is 19.3. The molecule has 0 bridgehead atoms. The van der Waals surface area contributed by atoms with Crippen LogP contribution in [0.1, 0.15) is 37.8 Å². The molecule has 0 heterocycles. The van der Waals surface area contributed by atoms with Crippen LogP contribution in [-0.4, -0.2) is 29.1 Å². The number of hydrogen-bond acceptors (Lipinski definition) is 3. The van der Waals surface area contributed by atoms with Crippen molar-refractivity contribution in [1.82, 2.24) is 5.32 Å². The number of carbonyl (C=O) groups is 1. The third kappa shape index (κ3) is 3.57. The molecule has 0 spiro atoms. The van der Waals surface area contributed by atoms with E-state index in [1.54, 1.807) is 0 Å². The molecule has 1 amide bonds. The third-order valence-electron chi connectivity index (χ3n) is 3.98. The SMILES string of the molecule is CC(NC(=O)C(F)(F)C1(O)CCC1)c1cccc(OC(F)F)c1. The number of ether oxygens (including phenoxy) is 1. The second-order valence-corrected chi connectivity index (χ2v) is 5.61. The van der Waals surface area contributed by atoms with E-state index in [4.69, 9.17) is 0 Å². The van der Waals surface area contributed by atoms with Gasteiger partial charge in [-0.2, -0.15) is 17.6 Å². The first-order valence-electron chi connectivity index (χ1n) is 7.12. The lowest BCUT2D eigenvalue weighted by atomic mass is 9.75. The first kappa shape index (κ1) is 17.5. The molecule has 0 saturated heterocycles. The number of halogens is 4. The minimum atomic E-state index is -3.91. The van der Waals surface area contributed by atoms with Gasteiger partial charge in [0.1, 0.15) is 11.4 Å². The lowest BCUT2D eigenvalue weighted by Gasteiger charge is -2.41. The molecule has 1 atom stereocenters. The first-order chi connectivity index (χ1) is 10.7. The fourth-order valence-corrected chi connectivity index (χ4v) is 2.37. The van der Waals surface area contributed by atoms with E-state index in [2.05, 4.69) is 10.1 Å². The molecular formula is C15H17F4NO3. The lowest BCUT2D eigenvalue weighted by molar-refractivity contribution is -0.216. The molecule has 1 aliphatic carbocycles. The summed E-state index contributed by atoms with van der Waals surface area (Å²) in [7, 11) is 0. The Labute approximate surface area is 130 Å². The average Bonchev–Trinajstić information content (AvgIpc) is 2.43. The van der Waals surface area contributed by atoms with Crippen LogP contribution in [0.25, 0.3) is 0 Å². The van der Waals surface area contributed by atoms with Crippen LogP contribution in [-0.2, 0) is 4.79 Å². The van der Waals surface area contributed by atoms with Crippen LogP contribution >= 0.6 is 0 Å². The molecule has 0 radical (unpaired) electrons. The molecule has 0 aromatic heterocycles. The summed E-state index contributed by atoms with van der Waals surface area (Å²) in [5.41, 5.74) is -1.98. The number of alkyl halides is 4. The zero-order valence-corrected chi connectivity index (χ0v) is 12.4. The molecule has 1 aromatic carbocycles. The van der Waals surface area contributed by atoms with E-state index < -0.39 is 30.1 Å². The number of nitrogens with one attached hydrogen (secondary N) is 1. The second-order valence-electron chi connectivity index (χ2n) is 5.61. The van der Waals surface area contributed by atoms with Gasteiger partial charge in [-0.25, -0.2) is 0 Å². The quantitative estimate of drug-likeness (QED) is 0.786.